The highest BCUT2D eigenvalue weighted by Gasteiger charge is 2.34. The van der Waals surface area contributed by atoms with Crippen LogP contribution in [0.1, 0.15) is 33.5 Å². The second-order valence-corrected chi connectivity index (χ2v) is 8.10. The first-order valence-corrected chi connectivity index (χ1v) is 11.3. The Bertz CT molecular complexity index is 1590. The summed E-state index contributed by atoms with van der Waals surface area (Å²) in [5.41, 5.74) is -0.428. The van der Waals surface area contributed by atoms with Crippen LogP contribution in [0.4, 0.5) is 14.6 Å². The van der Waals surface area contributed by atoms with Crippen LogP contribution >= 0.6 is 11.6 Å². The van der Waals surface area contributed by atoms with Gasteiger partial charge in [-0.2, -0.15) is 19.0 Å². The number of nitrogens with zero attached hydrogens (tertiary/aromatic N) is 5. The predicted octanol–water partition coefficient (Wildman–Crippen LogP) is 4.89. The number of ether oxygens (including phenoxy) is 1. The Morgan fingerprint density at radius 2 is 1.95 bits per heavy atom. The maximum Gasteiger partial charge on any atom is 0.364 e. The fraction of sp³-hybridized carbons (Fsp3) is 0.125. The predicted molar refractivity (Wildman–Crippen MR) is 128 cm³/mol. The number of carbonyl (C=O) groups is 2. The Labute approximate surface area is 212 Å². The first kappa shape index (κ1) is 24.1. The summed E-state index contributed by atoms with van der Waals surface area (Å²) in [6.07, 6.45) is 2.62. The topological polar surface area (TPSA) is 117 Å². The average Bonchev–Trinajstić information content (AvgIpc) is 3.63. The molecule has 188 valence electrons. The first-order chi connectivity index (χ1) is 17.8. The largest absolute Gasteiger partial charge is 0.463 e. The first-order valence-electron chi connectivity index (χ1n) is 10.9. The van der Waals surface area contributed by atoms with E-state index in [-0.39, 0.29) is 40.8 Å². The Balaban J connectivity index is 1.57. The van der Waals surface area contributed by atoms with Gasteiger partial charge < -0.3 is 14.5 Å². The summed E-state index contributed by atoms with van der Waals surface area (Å²) in [4.78, 5) is 30.0. The fourth-order valence-corrected chi connectivity index (χ4v) is 3.74. The van der Waals surface area contributed by atoms with Gasteiger partial charge in [-0.15, -0.1) is 0 Å². The molecule has 4 heterocycles. The van der Waals surface area contributed by atoms with Crippen molar-refractivity contribution in [3.8, 4) is 17.1 Å². The second kappa shape index (κ2) is 9.47. The van der Waals surface area contributed by atoms with E-state index in [0.29, 0.717) is 5.69 Å². The molecule has 1 aromatic carbocycles. The number of benzene rings is 1. The van der Waals surface area contributed by atoms with Crippen molar-refractivity contribution in [2.45, 2.75) is 12.3 Å². The highest BCUT2D eigenvalue weighted by Crippen LogP contribution is 2.34. The van der Waals surface area contributed by atoms with Crippen LogP contribution in [0, 0.1) is 0 Å². The molecular formula is C24H17ClF2N6O4. The lowest BCUT2D eigenvalue weighted by atomic mass is 10.2. The smallest absolute Gasteiger partial charge is 0.364 e. The van der Waals surface area contributed by atoms with Gasteiger partial charge in [-0.25, -0.2) is 19.0 Å². The zero-order valence-corrected chi connectivity index (χ0v) is 19.8. The maximum atomic E-state index is 14.3. The summed E-state index contributed by atoms with van der Waals surface area (Å²) in [7, 11) is 0. The lowest BCUT2D eigenvalue weighted by Gasteiger charge is -2.11. The van der Waals surface area contributed by atoms with Crippen molar-refractivity contribution in [1.82, 2.24) is 24.4 Å². The molecular weight excluding hydrogens is 510 g/mol. The number of hydrogen-bond acceptors (Lipinski definition) is 7. The van der Waals surface area contributed by atoms with E-state index < -0.39 is 23.0 Å². The minimum atomic E-state index is -3.83. The molecule has 0 saturated heterocycles. The van der Waals surface area contributed by atoms with Gasteiger partial charge in [0.1, 0.15) is 17.0 Å². The molecule has 0 bridgehead atoms. The summed E-state index contributed by atoms with van der Waals surface area (Å²) in [5.74, 6) is -1.28. The summed E-state index contributed by atoms with van der Waals surface area (Å²) < 4.78 is 41.0. The molecule has 1 amide bonds. The molecule has 0 fully saturated rings. The maximum absolute atomic E-state index is 14.3. The van der Waals surface area contributed by atoms with Crippen LogP contribution in [0.5, 0.6) is 0 Å². The third-order valence-electron chi connectivity index (χ3n) is 5.22. The number of carbonyl (C=O) groups excluding carboxylic acids is 2. The third kappa shape index (κ3) is 4.66. The van der Waals surface area contributed by atoms with E-state index in [1.54, 1.807) is 49.4 Å². The molecule has 0 aliphatic heterocycles. The number of aromatic nitrogens is 5. The minimum Gasteiger partial charge on any atom is -0.463 e. The van der Waals surface area contributed by atoms with Crippen molar-refractivity contribution in [2.24, 2.45) is 0 Å². The molecule has 13 heteroatoms. The van der Waals surface area contributed by atoms with Crippen molar-refractivity contribution < 1.29 is 27.5 Å². The van der Waals surface area contributed by atoms with E-state index in [4.69, 9.17) is 20.8 Å². The highest BCUT2D eigenvalue weighted by atomic mass is 35.5. The van der Waals surface area contributed by atoms with Gasteiger partial charge in [0, 0.05) is 6.07 Å². The van der Waals surface area contributed by atoms with Gasteiger partial charge in [0.05, 0.1) is 24.8 Å². The summed E-state index contributed by atoms with van der Waals surface area (Å²) in [6.45, 7) is 1.75. The van der Waals surface area contributed by atoms with Gasteiger partial charge in [-0.3, -0.25) is 4.79 Å². The van der Waals surface area contributed by atoms with E-state index >= 15 is 0 Å². The van der Waals surface area contributed by atoms with Crippen LogP contribution < -0.4 is 5.32 Å². The Hall–Kier alpha value is -4.58. The number of para-hydroxylation sites is 1. The van der Waals surface area contributed by atoms with Crippen molar-refractivity contribution >= 4 is 34.9 Å². The molecule has 4 aromatic heterocycles. The van der Waals surface area contributed by atoms with Gasteiger partial charge in [0.2, 0.25) is 0 Å². The monoisotopic (exact) mass is 526 g/mol. The summed E-state index contributed by atoms with van der Waals surface area (Å²) in [5, 5.41) is 6.96. The fourth-order valence-electron chi connectivity index (χ4n) is 3.60. The van der Waals surface area contributed by atoms with E-state index in [1.165, 1.54) is 23.2 Å². The Morgan fingerprint density at radius 3 is 2.62 bits per heavy atom. The summed E-state index contributed by atoms with van der Waals surface area (Å²) >= 11 is 5.33. The quantitative estimate of drug-likeness (QED) is 0.237. The molecule has 0 radical (unpaired) electrons. The number of nitrogens with one attached hydrogen (secondary N) is 1. The third-order valence-corrected chi connectivity index (χ3v) is 5.41. The normalized spacial score (nSPS) is 11.6. The van der Waals surface area contributed by atoms with E-state index in [2.05, 4.69) is 20.5 Å². The number of furan rings is 1. The van der Waals surface area contributed by atoms with Gasteiger partial charge >= 0.3 is 11.4 Å². The molecule has 0 aliphatic carbocycles. The standard InChI is InChI=1S/C24H17ClF2N6O4/c1-2-36-23(35)15-13-28-32(14-7-4-3-5-8-14)21(15)30-22(34)17-12-20-29-16(18-9-6-10-37-18)11-19(24(25,26)27)33(20)31-17/h3-13H,2H2,1H3,(H,30,34). The van der Waals surface area contributed by atoms with Crippen molar-refractivity contribution in [2.75, 3.05) is 11.9 Å². The van der Waals surface area contributed by atoms with Gasteiger partial charge in [0.15, 0.2) is 22.9 Å². The van der Waals surface area contributed by atoms with Crippen molar-refractivity contribution in [3.63, 3.8) is 0 Å². The lowest BCUT2D eigenvalue weighted by molar-refractivity contribution is 0.0527. The molecule has 37 heavy (non-hydrogen) atoms. The van der Waals surface area contributed by atoms with Crippen LogP contribution in [0.3, 0.4) is 0 Å². The van der Waals surface area contributed by atoms with Crippen LogP contribution in [0.25, 0.3) is 22.8 Å². The molecule has 5 rings (SSSR count). The number of halogens is 3. The zero-order chi connectivity index (χ0) is 26.2. The molecule has 0 atom stereocenters. The Morgan fingerprint density at radius 1 is 1.16 bits per heavy atom. The molecule has 5 aromatic rings. The molecule has 0 aliphatic rings. The molecule has 0 unspecified atom stereocenters. The number of hydrogen-bond donors (Lipinski definition) is 1. The number of alkyl halides is 3. The van der Waals surface area contributed by atoms with Crippen LogP contribution in [0.15, 0.2) is 71.5 Å². The van der Waals surface area contributed by atoms with E-state index in [0.717, 1.165) is 10.6 Å². The van der Waals surface area contributed by atoms with E-state index in [1.807, 2.05) is 0 Å². The van der Waals surface area contributed by atoms with E-state index in [9.17, 15) is 18.4 Å². The van der Waals surface area contributed by atoms with Gasteiger partial charge in [-0.05, 0) is 48.9 Å². The minimum absolute atomic E-state index is 0.00553. The van der Waals surface area contributed by atoms with Crippen LogP contribution in [-0.4, -0.2) is 42.9 Å². The second-order valence-electron chi connectivity index (χ2n) is 7.63. The number of fused-ring (bicyclic) bond motifs is 1. The zero-order valence-electron chi connectivity index (χ0n) is 19.1. The van der Waals surface area contributed by atoms with Crippen LogP contribution in [0.2, 0.25) is 0 Å². The van der Waals surface area contributed by atoms with Crippen LogP contribution in [-0.2, 0) is 10.1 Å². The van der Waals surface area contributed by atoms with Gasteiger partial charge in [-0.1, -0.05) is 18.2 Å². The number of anilines is 1. The lowest BCUT2D eigenvalue weighted by Crippen LogP contribution is -2.19. The van der Waals surface area contributed by atoms with Gasteiger partial charge in [0.25, 0.3) is 5.91 Å². The molecule has 1 N–H and O–H groups in total. The Kier molecular flexibility index (Phi) is 6.17. The average molecular weight is 527 g/mol. The SMILES string of the molecule is CCOC(=O)c1cnn(-c2ccccc2)c1NC(=O)c1cc2nc(-c3ccco3)cc(C(F)(F)Cl)n2n1. The number of rotatable bonds is 7. The number of esters is 1. The molecule has 0 spiro atoms. The molecule has 10 nitrogen and oxygen atoms in total. The van der Waals surface area contributed by atoms with Crippen molar-refractivity contribution in [1.29, 1.82) is 0 Å². The van der Waals surface area contributed by atoms with Crippen molar-refractivity contribution in [3.05, 3.63) is 84.0 Å². The highest BCUT2D eigenvalue weighted by molar-refractivity contribution is 6.21. The summed E-state index contributed by atoms with van der Waals surface area (Å²) in [6, 6.07) is 14.1. The number of amides is 1. The molecule has 0 saturated carbocycles.